The van der Waals surface area contributed by atoms with Gasteiger partial charge in [0.25, 0.3) is 0 Å². The van der Waals surface area contributed by atoms with Crippen LogP contribution in [0.5, 0.6) is 5.75 Å². The molecule has 0 bridgehead atoms. The molecule has 1 rings (SSSR count). The maximum absolute atomic E-state index is 10.5. The number of benzene rings is 1. The lowest BCUT2D eigenvalue weighted by molar-refractivity contribution is -0.141. The van der Waals surface area contributed by atoms with Crippen LogP contribution < -0.4 is 5.73 Å². The first-order valence-corrected chi connectivity index (χ1v) is 4.88. The molecule has 5 N–H and O–H groups in total. The largest absolute Gasteiger partial charge is 0.506 e. The molecule has 6 heteroatoms. The molecule has 0 radical (unpaired) electrons. The molecule has 0 aliphatic carbocycles. The van der Waals surface area contributed by atoms with Crippen molar-refractivity contribution in [3.8, 4) is 5.75 Å². The number of nitrogens with two attached hydrogens (primary N) is 1. The number of hydrogen-bond acceptors (Lipinski definition) is 4. The number of phenolic OH excluding ortho intramolecular Hbond substituents is 1. The lowest BCUT2D eigenvalue weighted by atomic mass is 10.0. The molecule has 0 heterocycles. The Morgan fingerprint density at radius 2 is 2.07 bits per heavy atom. The van der Waals surface area contributed by atoms with E-state index >= 15 is 0 Å². The minimum Gasteiger partial charge on any atom is -0.506 e. The van der Waals surface area contributed by atoms with Crippen molar-refractivity contribution in [2.45, 2.75) is 12.1 Å². The van der Waals surface area contributed by atoms with Gasteiger partial charge in [0.1, 0.15) is 17.9 Å². The van der Waals surface area contributed by atoms with E-state index in [1.54, 1.807) is 12.1 Å². The molecule has 15 heavy (non-hydrogen) atoms. The Morgan fingerprint density at radius 1 is 1.47 bits per heavy atom. The molecular formula is C9H10BrNO4. The number of aliphatic hydroxyl groups excluding tert-OH is 1. The molecular weight excluding hydrogens is 266 g/mol. The van der Waals surface area contributed by atoms with E-state index in [1.807, 2.05) is 0 Å². The Morgan fingerprint density at radius 3 is 2.60 bits per heavy atom. The molecule has 0 aliphatic heterocycles. The third-order valence-corrected chi connectivity index (χ3v) is 2.60. The molecule has 2 unspecified atom stereocenters. The first-order chi connectivity index (χ1) is 6.95. The van der Waals surface area contributed by atoms with Crippen molar-refractivity contribution in [1.82, 2.24) is 0 Å². The molecule has 0 aliphatic rings. The minimum atomic E-state index is -1.47. The van der Waals surface area contributed by atoms with Gasteiger partial charge in [-0.25, -0.2) is 0 Å². The highest BCUT2D eigenvalue weighted by Gasteiger charge is 2.26. The number of para-hydroxylation sites is 1. The zero-order valence-electron chi connectivity index (χ0n) is 7.59. The summed E-state index contributed by atoms with van der Waals surface area (Å²) >= 11 is 3.05. The summed E-state index contributed by atoms with van der Waals surface area (Å²) in [6.45, 7) is 0. The van der Waals surface area contributed by atoms with E-state index in [-0.39, 0.29) is 11.3 Å². The number of hydrogen-bond donors (Lipinski definition) is 4. The molecule has 0 aromatic heterocycles. The topological polar surface area (TPSA) is 104 Å². The molecule has 1 aromatic carbocycles. The molecule has 2 atom stereocenters. The maximum atomic E-state index is 10.5. The fourth-order valence-electron chi connectivity index (χ4n) is 1.10. The Kier molecular flexibility index (Phi) is 3.67. The van der Waals surface area contributed by atoms with Crippen LogP contribution in [0.25, 0.3) is 0 Å². The summed E-state index contributed by atoms with van der Waals surface area (Å²) in [5.74, 6) is -1.54. The number of aromatic hydroxyl groups is 1. The smallest absolute Gasteiger partial charge is 0.323 e. The van der Waals surface area contributed by atoms with Crippen molar-refractivity contribution in [2.24, 2.45) is 5.73 Å². The van der Waals surface area contributed by atoms with Gasteiger partial charge in [-0.3, -0.25) is 4.79 Å². The van der Waals surface area contributed by atoms with Gasteiger partial charge in [-0.1, -0.05) is 12.1 Å². The van der Waals surface area contributed by atoms with Crippen molar-refractivity contribution < 1.29 is 20.1 Å². The summed E-state index contributed by atoms with van der Waals surface area (Å²) in [6.07, 6.45) is -1.44. The zero-order valence-corrected chi connectivity index (χ0v) is 9.18. The van der Waals surface area contributed by atoms with Gasteiger partial charge in [0.15, 0.2) is 0 Å². The number of halogens is 1. The van der Waals surface area contributed by atoms with Gasteiger partial charge in [0, 0.05) is 5.56 Å². The highest BCUT2D eigenvalue weighted by molar-refractivity contribution is 9.10. The Balaban J connectivity index is 3.06. The number of aliphatic hydroxyl groups is 1. The summed E-state index contributed by atoms with van der Waals surface area (Å²) < 4.78 is 0.372. The fraction of sp³-hybridized carbons (Fsp3) is 0.222. The number of aliphatic carboxylic acids is 1. The summed E-state index contributed by atoms with van der Waals surface area (Å²) in [7, 11) is 0. The maximum Gasteiger partial charge on any atom is 0.323 e. The second kappa shape index (κ2) is 4.61. The van der Waals surface area contributed by atoms with E-state index in [4.69, 9.17) is 10.8 Å². The minimum absolute atomic E-state index is 0.0827. The monoisotopic (exact) mass is 275 g/mol. The molecule has 5 nitrogen and oxygen atoms in total. The van der Waals surface area contributed by atoms with Crippen molar-refractivity contribution in [2.75, 3.05) is 0 Å². The molecule has 0 fully saturated rings. The van der Waals surface area contributed by atoms with Crippen LogP contribution in [0.1, 0.15) is 11.7 Å². The number of rotatable bonds is 3. The average molecular weight is 276 g/mol. The normalized spacial score (nSPS) is 14.6. The van der Waals surface area contributed by atoms with Crippen molar-refractivity contribution in [1.29, 1.82) is 0 Å². The quantitative estimate of drug-likeness (QED) is 0.647. The third kappa shape index (κ3) is 2.47. The van der Waals surface area contributed by atoms with Crippen LogP contribution in [0.3, 0.4) is 0 Å². The van der Waals surface area contributed by atoms with Crippen LogP contribution in [-0.2, 0) is 4.79 Å². The van der Waals surface area contributed by atoms with Gasteiger partial charge in [-0.2, -0.15) is 0 Å². The van der Waals surface area contributed by atoms with Crippen LogP contribution in [0.4, 0.5) is 0 Å². The van der Waals surface area contributed by atoms with Crippen molar-refractivity contribution >= 4 is 21.9 Å². The summed E-state index contributed by atoms with van der Waals surface area (Å²) in [6, 6.07) is 3.08. The Labute approximate surface area is 94.3 Å². The van der Waals surface area contributed by atoms with E-state index < -0.39 is 18.1 Å². The van der Waals surface area contributed by atoms with Gasteiger partial charge >= 0.3 is 5.97 Å². The van der Waals surface area contributed by atoms with Crippen LogP contribution in [0.2, 0.25) is 0 Å². The van der Waals surface area contributed by atoms with Crippen LogP contribution >= 0.6 is 15.9 Å². The highest BCUT2D eigenvalue weighted by atomic mass is 79.9. The molecule has 0 saturated heterocycles. The van der Waals surface area contributed by atoms with Gasteiger partial charge < -0.3 is 21.1 Å². The lowest BCUT2D eigenvalue weighted by Gasteiger charge is -2.16. The summed E-state index contributed by atoms with van der Waals surface area (Å²) in [5.41, 5.74) is 5.32. The van der Waals surface area contributed by atoms with Gasteiger partial charge in [-0.05, 0) is 22.0 Å². The predicted molar refractivity (Wildman–Crippen MR) is 56.4 cm³/mol. The summed E-state index contributed by atoms with van der Waals surface area (Å²) in [5, 5.41) is 27.7. The second-order valence-corrected chi connectivity index (χ2v) is 3.84. The zero-order chi connectivity index (χ0) is 11.6. The van der Waals surface area contributed by atoms with Gasteiger partial charge in [0.2, 0.25) is 0 Å². The van der Waals surface area contributed by atoms with Gasteiger partial charge in [0.05, 0.1) is 4.47 Å². The molecule has 0 spiro atoms. The predicted octanol–water partition coefficient (Wildman–Crippen LogP) is 0.600. The summed E-state index contributed by atoms with van der Waals surface area (Å²) in [4.78, 5) is 10.5. The molecule has 0 saturated carbocycles. The number of carbonyl (C=O) groups is 1. The molecule has 1 aromatic rings. The van der Waals surface area contributed by atoms with E-state index in [9.17, 15) is 15.0 Å². The second-order valence-electron chi connectivity index (χ2n) is 2.99. The number of carboxylic acid groups (broad SMARTS) is 1. The van der Waals surface area contributed by atoms with Gasteiger partial charge in [-0.15, -0.1) is 0 Å². The van der Waals surface area contributed by atoms with E-state index in [0.717, 1.165) is 0 Å². The Hall–Kier alpha value is -1.11. The van der Waals surface area contributed by atoms with Crippen LogP contribution in [0.15, 0.2) is 22.7 Å². The number of carboxylic acids is 1. The highest BCUT2D eigenvalue weighted by Crippen LogP contribution is 2.32. The number of phenols is 1. The Bertz CT molecular complexity index is 382. The SMILES string of the molecule is NC(C(=O)O)C(O)c1cccc(Br)c1O. The van der Waals surface area contributed by atoms with E-state index in [2.05, 4.69) is 15.9 Å². The van der Waals surface area contributed by atoms with E-state index in [1.165, 1.54) is 6.07 Å². The van der Waals surface area contributed by atoms with Crippen LogP contribution in [0, 0.1) is 0 Å². The fourth-order valence-corrected chi connectivity index (χ4v) is 1.48. The van der Waals surface area contributed by atoms with Crippen molar-refractivity contribution in [3.05, 3.63) is 28.2 Å². The molecule has 0 amide bonds. The third-order valence-electron chi connectivity index (χ3n) is 1.96. The first-order valence-electron chi connectivity index (χ1n) is 4.09. The first kappa shape index (κ1) is 12.0. The lowest BCUT2D eigenvalue weighted by Crippen LogP contribution is -2.36. The van der Waals surface area contributed by atoms with E-state index in [0.29, 0.717) is 4.47 Å². The van der Waals surface area contributed by atoms with Crippen molar-refractivity contribution in [3.63, 3.8) is 0 Å². The molecule has 82 valence electrons. The average Bonchev–Trinajstić information content (AvgIpc) is 2.20. The standard InChI is InChI=1S/C9H10BrNO4/c10-5-3-1-2-4(7(5)12)8(13)6(11)9(14)15/h1-3,6,8,12-13H,11H2,(H,14,15). The van der Waals surface area contributed by atoms with Crippen LogP contribution in [-0.4, -0.2) is 27.3 Å².